The van der Waals surface area contributed by atoms with E-state index < -0.39 is 0 Å². The molecular formula is C16H27IN4. The SMILES string of the molecule is CCc1cccc(NC(N)=NCC2CCN(CC)C2)c1.I. The van der Waals surface area contributed by atoms with E-state index in [9.17, 15) is 0 Å². The van der Waals surface area contributed by atoms with Crippen molar-refractivity contribution in [1.82, 2.24) is 4.90 Å². The van der Waals surface area contributed by atoms with Crippen molar-refractivity contribution in [3.63, 3.8) is 0 Å². The number of hydrogen-bond acceptors (Lipinski definition) is 2. The predicted molar refractivity (Wildman–Crippen MR) is 102 cm³/mol. The van der Waals surface area contributed by atoms with Gasteiger partial charge in [0.1, 0.15) is 0 Å². The van der Waals surface area contributed by atoms with E-state index in [0.29, 0.717) is 11.9 Å². The number of halogens is 1. The summed E-state index contributed by atoms with van der Waals surface area (Å²) < 4.78 is 0. The van der Waals surface area contributed by atoms with Gasteiger partial charge in [0.05, 0.1) is 0 Å². The molecule has 0 radical (unpaired) electrons. The fourth-order valence-electron chi connectivity index (χ4n) is 2.63. The Balaban J connectivity index is 0.00000220. The van der Waals surface area contributed by atoms with Gasteiger partial charge in [-0.15, -0.1) is 24.0 Å². The molecule has 118 valence electrons. The van der Waals surface area contributed by atoms with Crippen LogP contribution in [0.5, 0.6) is 0 Å². The number of rotatable bonds is 5. The Labute approximate surface area is 145 Å². The number of nitrogens with one attached hydrogen (secondary N) is 1. The highest BCUT2D eigenvalue weighted by Gasteiger charge is 2.20. The Bertz CT molecular complexity index is 461. The van der Waals surface area contributed by atoms with Gasteiger partial charge >= 0.3 is 0 Å². The molecule has 5 heteroatoms. The van der Waals surface area contributed by atoms with Crippen molar-refractivity contribution in [3.8, 4) is 0 Å². The maximum atomic E-state index is 5.97. The van der Waals surface area contributed by atoms with Gasteiger partial charge in [0.2, 0.25) is 0 Å². The zero-order chi connectivity index (χ0) is 14.4. The number of nitrogens with two attached hydrogens (primary N) is 1. The lowest BCUT2D eigenvalue weighted by Gasteiger charge is -2.12. The fourth-order valence-corrected chi connectivity index (χ4v) is 2.63. The summed E-state index contributed by atoms with van der Waals surface area (Å²) in [5.74, 6) is 1.17. The molecule has 0 spiro atoms. The van der Waals surface area contributed by atoms with Crippen molar-refractivity contribution in [2.45, 2.75) is 26.7 Å². The number of benzene rings is 1. The number of nitrogens with zero attached hydrogens (tertiary/aromatic N) is 2. The number of aliphatic imine (C=N–C) groups is 1. The Morgan fingerprint density at radius 1 is 1.43 bits per heavy atom. The smallest absolute Gasteiger partial charge is 0.193 e. The maximum absolute atomic E-state index is 5.97. The molecule has 0 saturated carbocycles. The average molecular weight is 402 g/mol. The van der Waals surface area contributed by atoms with E-state index in [4.69, 9.17) is 5.73 Å². The first-order chi connectivity index (χ1) is 9.71. The van der Waals surface area contributed by atoms with Crippen LogP contribution in [0.3, 0.4) is 0 Å². The zero-order valence-electron chi connectivity index (χ0n) is 13.0. The Morgan fingerprint density at radius 3 is 2.90 bits per heavy atom. The molecule has 0 bridgehead atoms. The van der Waals surface area contributed by atoms with Crippen LogP contribution in [-0.4, -0.2) is 37.0 Å². The van der Waals surface area contributed by atoms with Crippen LogP contribution >= 0.6 is 24.0 Å². The molecule has 0 amide bonds. The van der Waals surface area contributed by atoms with Crippen molar-refractivity contribution >= 4 is 35.6 Å². The Morgan fingerprint density at radius 2 is 2.24 bits per heavy atom. The molecule has 1 heterocycles. The summed E-state index contributed by atoms with van der Waals surface area (Å²) in [5, 5.41) is 3.18. The highest BCUT2D eigenvalue weighted by atomic mass is 127. The molecule has 3 N–H and O–H groups in total. The second-order valence-corrected chi connectivity index (χ2v) is 5.45. The van der Waals surface area contributed by atoms with E-state index >= 15 is 0 Å². The van der Waals surface area contributed by atoms with E-state index in [1.54, 1.807) is 0 Å². The molecular weight excluding hydrogens is 375 g/mol. The molecule has 0 aliphatic carbocycles. The van der Waals surface area contributed by atoms with E-state index in [2.05, 4.69) is 41.2 Å². The van der Waals surface area contributed by atoms with Crippen molar-refractivity contribution in [2.75, 3.05) is 31.5 Å². The molecule has 1 unspecified atom stereocenters. The molecule has 0 aromatic heterocycles. The number of guanidine groups is 1. The molecule has 1 aliphatic rings. The first-order valence-corrected chi connectivity index (χ1v) is 7.59. The molecule has 1 fully saturated rings. The van der Waals surface area contributed by atoms with Crippen LogP contribution in [0.4, 0.5) is 5.69 Å². The van der Waals surface area contributed by atoms with Gasteiger partial charge in [0.15, 0.2) is 5.96 Å². The summed E-state index contributed by atoms with van der Waals surface area (Å²) in [4.78, 5) is 6.95. The van der Waals surface area contributed by atoms with E-state index in [-0.39, 0.29) is 24.0 Å². The molecule has 4 nitrogen and oxygen atoms in total. The Kier molecular flexibility index (Phi) is 8.03. The fraction of sp³-hybridized carbons (Fsp3) is 0.562. The largest absolute Gasteiger partial charge is 0.370 e. The van der Waals surface area contributed by atoms with Crippen LogP contribution in [0.25, 0.3) is 0 Å². The minimum Gasteiger partial charge on any atom is -0.370 e. The first kappa shape index (κ1) is 18.2. The van der Waals surface area contributed by atoms with Crippen molar-refractivity contribution in [1.29, 1.82) is 0 Å². The van der Waals surface area contributed by atoms with Gasteiger partial charge < -0.3 is 16.0 Å². The Hall–Kier alpha value is -0.820. The van der Waals surface area contributed by atoms with Crippen LogP contribution in [-0.2, 0) is 6.42 Å². The molecule has 2 rings (SSSR count). The van der Waals surface area contributed by atoms with Crippen molar-refractivity contribution in [2.24, 2.45) is 16.6 Å². The summed E-state index contributed by atoms with van der Waals surface area (Å²) in [5.41, 5.74) is 8.29. The minimum absolute atomic E-state index is 0. The minimum atomic E-state index is 0. The molecule has 21 heavy (non-hydrogen) atoms. The van der Waals surface area contributed by atoms with Crippen LogP contribution in [0.2, 0.25) is 0 Å². The molecule has 1 aromatic rings. The van der Waals surface area contributed by atoms with Crippen molar-refractivity contribution in [3.05, 3.63) is 29.8 Å². The van der Waals surface area contributed by atoms with Gasteiger partial charge in [-0.25, -0.2) is 0 Å². The normalized spacial score (nSPS) is 19.3. The average Bonchev–Trinajstić information content (AvgIpc) is 2.93. The lowest BCUT2D eigenvalue weighted by Crippen LogP contribution is -2.25. The number of aryl methyl sites for hydroxylation is 1. The third-order valence-corrected chi connectivity index (χ3v) is 3.94. The van der Waals surface area contributed by atoms with Gasteiger partial charge in [-0.1, -0.05) is 26.0 Å². The van der Waals surface area contributed by atoms with Gasteiger partial charge in [-0.3, -0.25) is 4.99 Å². The van der Waals surface area contributed by atoms with Crippen molar-refractivity contribution < 1.29 is 0 Å². The standard InChI is InChI=1S/C16H26N4.HI/c1-3-13-6-5-7-15(10-13)19-16(17)18-11-14-8-9-20(4-2)12-14;/h5-7,10,14H,3-4,8-9,11-12H2,1-2H3,(H3,17,18,19);1H. The summed E-state index contributed by atoms with van der Waals surface area (Å²) in [7, 11) is 0. The summed E-state index contributed by atoms with van der Waals surface area (Å²) in [6.45, 7) is 8.67. The first-order valence-electron chi connectivity index (χ1n) is 7.59. The third kappa shape index (κ3) is 5.82. The van der Waals surface area contributed by atoms with Gasteiger partial charge in [0.25, 0.3) is 0 Å². The summed E-state index contributed by atoms with van der Waals surface area (Å²) in [6, 6.07) is 8.31. The highest BCUT2D eigenvalue weighted by Crippen LogP contribution is 2.16. The third-order valence-electron chi connectivity index (χ3n) is 3.94. The molecule has 1 aromatic carbocycles. The van der Waals surface area contributed by atoms with Gasteiger partial charge in [-0.05, 0) is 49.5 Å². The topological polar surface area (TPSA) is 53.6 Å². The molecule has 1 aliphatic heterocycles. The second kappa shape index (κ2) is 9.25. The molecule has 1 saturated heterocycles. The highest BCUT2D eigenvalue weighted by molar-refractivity contribution is 14.0. The van der Waals surface area contributed by atoms with Crippen LogP contribution in [0.1, 0.15) is 25.8 Å². The van der Waals surface area contributed by atoms with Gasteiger partial charge in [-0.2, -0.15) is 0 Å². The second-order valence-electron chi connectivity index (χ2n) is 5.45. The number of anilines is 1. The van der Waals surface area contributed by atoms with Crippen LogP contribution in [0.15, 0.2) is 29.3 Å². The van der Waals surface area contributed by atoms with E-state index in [1.807, 2.05) is 12.1 Å². The maximum Gasteiger partial charge on any atom is 0.193 e. The number of likely N-dealkylation sites (tertiary alicyclic amines) is 1. The zero-order valence-corrected chi connectivity index (χ0v) is 15.3. The molecule has 1 atom stereocenters. The summed E-state index contributed by atoms with van der Waals surface area (Å²) >= 11 is 0. The van der Waals surface area contributed by atoms with Gasteiger partial charge in [0, 0.05) is 18.8 Å². The quantitative estimate of drug-likeness (QED) is 0.453. The lowest BCUT2D eigenvalue weighted by atomic mass is 10.1. The van der Waals surface area contributed by atoms with Crippen LogP contribution < -0.4 is 11.1 Å². The van der Waals surface area contributed by atoms with E-state index in [1.165, 1.54) is 18.5 Å². The number of hydrogen-bond donors (Lipinski definition) is 2. The lowest BCUT2D eigenvalue weighted by molar-refractivity contribution is 0.344. The monoisotopic (exact) mass is 402 g/mol. The summed E-state index contributed by atoms with van der Waals surface area (Å²) in [6.07, 6.45) is 2.26. The van der Waals surface area contributed by atoms with E-state index in [0.717, 1.165) is 31.7 Å². The van der Waals surface area contributed by atoms with Crippen LogP contribution in [0, 0.1) is 5.92 Å². The predicted octanol–water partition coefficient (Wildman–Crippen LogP) is 2.94.